The number of aliphatic hydroxyl groups excluding tert-OH is 1. The van der Waals surface area contributed by atoms with Gasteiger partial charge in [0.2, 0.25) is 0 Å². The van der Waals surface area contributed by atoms with E-state index in [2.05, 4.69) is 10.1 Å². The predicted octanol–water partition coefficient (Wildman–Crippen LogP) is -0.0214. The van der Waals surface area contributed by atoms with E-state index >= 15 is 0 Å². The summed E-state index contributed by atoms with van der Waals surface area (Å²) < 4.78 is 5.33. The van der Waals surface area contributed by atoms with Gasteiger partial charge in [-0.05, 0) is 24.3 Å². The highest BCUT2D eigenvalue weighted by atomic mass is 16.5. The number of oxime groups is 1. The van der Waals surface area contributed by atoms with Gasteiger partial charge >= 0.3 is 0 Å². The quantitative estimate of drug-likeness (QED) is 0.304. The minimum atomic E-state index is -0.0199. The van der Waals surface area contributed by atoms with Crippen molar-refractivity contribution in [2.45, 2.75) is 6.04 Å². The normalized spacial score (nSPS) is 21.1. The molecule has 1 saturated heterocycles. The average Bonchev–Trinajstić information content (AvgIpc) is 2.46. The molecule has 0 aliphatic carbocycles. The van der Waals surface area contributed by atoms with Gasteiger partial charge in [0.05, 0.1) is 25.9 Å². The standard InChI is InChI=1S/C12H17N3O3/c13-12(14-17)9-1-3-10(4-2-9)15-5-6-18-8-11(15)7-16/h1-4,11,16-17H,5-8H2,(H2,13,14). The minimum absolute atomic E-state index is 0.0199. The third kappa shape index (κ3) is 2.55. The van der Waals surface area contributed by atoms with Gasteiger partial charge in [0.25, 0.3) is 0 Å². The molecule has 1 aromatic rings. The van der Waals surface area contributed by atoms with E-state index in [0.717, 1.165) is 12.2 Å². The Balaban J connectivity index is 2.17. The number of anilines is 1. The molecule has 4 N–H and O–H groups in total. The van der Waals surface area contributed by atoms with Crippen LogP contribution in [0.5, 0.6) is 0 Å². The summed E-state index contributed by atoms with van der Waals surface area (Å²) in [4.78, 5) is 2.10. The van der Waals surface area contributed by atoms with Crippen LogP contribution in [0.3, 0.4) is 0 Å². The summed E-state index contributed by atoms with van der Waals surface area (Å²) in [6.07, 6.45) is 0. The Labute approximate surface area is 105 Å². The summed E-state index contributed by atoms with van der Waals surface area (Å²) in [5, 5.41) is 20.9. The van der Waals surface area contributed by atoms with Crippen LogP contribution in [0.25, 0.3) is 0 Å². The predicted molar refractivity (Wildman–Crippen MR) is 68.0 cm³/mol. The maximum absolute atomic E-state index is 9.31. The smallest absolute Gasteiger partial charge is 0.170 e. The first-order chi connectivity index (χ1) is 8.76. The van der Waals surface area contributed by atoms with E-state index in [0.29, 0.717) is 18.8 Å². The SMILES string of the molecule is N/C(=N/O)c1ccc(N2CCOCC2CO)cc1. The van der Waals surface area contributed by atoms with Gasteiger partial charge in [-0.1, -0.05) is 5.16 Å². The van der Waals surface area contributed by atoms with Crippen molar-refractivity contribution in [1.82, 2.24) is 0 Å². The maximum Gasteiger partial charge on any atom is 0.170 e. The van der Waals surface area contributed by atoms with Crippen molar-refractivity contribution >= 4 is 11.5 Å². The lowest BCUT2D eigenvalue weighted by molar-refractivity contribution is 0.0727. The van der Waals surface area contributed by atoms with Gasteiger partial charge in [-0.25, -0.2) is 0 Å². The Kier molecular flexibility index (Phi) is 4.01. The van der Waals surface area contributed by atoms with Crippen molar-refractivity contribution in [3.05, 3.63) is 29.8 Å². The van der Waals surface area contributed by atoms with E-state index in [1.807, 2.05) is 12.1 Å². The first-order valence-corrected chi connectivity index (χ1v) is 5.79. The molecule has 0 amide bonds. The number of aliphatic hydroxyl groups is 1. The Morgan fingerprint density at radius 1 is 1.44 bits per heavy atom. The summed E-state index contributed by atoms with van der Waals surface area (Å²) in [5.74, 6) is 0.0854. The van der Waals surface area contributed by atoms with Gasteiger partial charge in [-0.3, -0.25) is 0 Å². The molecule has 1 atom stereocenters. The summed E-state index contributed by atoms with van der Waals surface area (Å²) in [6.45, 7) is 1.98. The second-order valence-corrected chi connectivity index (χ2v) is 4.14. The number of nitrogens with zero attached hydrogens (tertiary/aromatic N) is 2. The number of rotatable bonds is 3. The number of hydrogen-bond donors (Lipinski definition) is 3. The molecule has 6 nitrogen and oxygen atoms in total. The summed E-state index contributed by atoms with van der Waals surface area (Å²) >= 11 is 0. The van der Waals surface area contributed by atoms with Gasteiger partial charge < -0.3 is 25.7 Å². The summed E-state index contributed by atoms with van der Waals surface area (Å²) in [5.41, 5.74) is 7.16. The first kappa shape index (κ1) is 12.7. The van der Waals surface area contributed by atoms with Crippen LogP contribution >= 0.6 is 0 Å². The lowest BCUT2D eigenvalue weighted by Crippen LogP contribution is -2.47. The van der Waals surface area contributed by atoms with Gasteiger partial charge in [0.1, 0.15) is 0 Å². The number of ether oxygens (including phenoxy) is 1. The van der Waals surface area contributed by atoms with Crippen LogP contribution in [0, 0.1) is 0 Å². The lowest BCUT2D eigenvalue weighted by Gasteiger charge is -2.36. The molecule has 1 heterocycles. The van der Waals surface area contributed by atoms with Gasteiger partial charge in [-0.2, -0.15) is 0 Å². The highest BCUT2D eigenvalue weighted by Gasteiger charge is 2.22. The number of benzene rings is 1. The third-order valence-electron chi connectivity index (χ3n) is 3.04. The maximum atomic E-state index is 9.31. The minimum Gasteiger partial charge on any atom is -0.409 e. The Morgan fingerprint density at radius 2 is 2.17 bits per heavy atom. The molecule has 0 spiro atoms. The van der Waals surface area contributed by atoms with E-state index in [-0.39, 0.29) is 18.5 Å². The van der Waals surface area contributed by atoms with Crippen molar-refractivity contribution < 1.29 is 15.1 Å². The van der Waals surface area contributed by atoms with Gasteiger partial charge in [-0.15, -0.1) is 0 Å². The zero-order valence-corrected chi connectivity index (χ0v) is 9.99. The molecule has 98 valence electrons. The fourth-order valence-electron chi connectivity index (χ4n) is 2.03. The monoisotopic (exact) mass is 251 g/mol. The molecular weight excluding hydrogens is 234 g/mol. The third-order valence-corrected chi connectivity index (χ3v) is 3.04. The molecule has 1 aliphatic rings. The van der Waals surface area contributed by atoms with Crippen LogP contribution in [0.15, 0.2) is 29.4 Å². The van der Waals surface area contributed by atoms with Crippen LogP contribution < -0.4 is 10.6 Å². The van der Waals surface area contributed by atoms with E-state index in [1.54, 1.807) is 12.1 Å². The number of morpholine rings is 1. The Morgan fingerprint density at radius 3 is 2.78 bits per heavy atom. The van der Waals surface area contributed by atoms with Crippen molar-refractivity contribution in [2.24, 2.45) is 10.9 Å². The van der Waals surface area contributed by atoms with Crippen LogP contribution in [-0.4, -0.2) is 48.6 Å². The second kappa shape index (κ2) is 5.70. The van der Waals surface area contributed by atoms with Gasteiger partial charge in [0.15, 0.2) is 5.84 Å². The lowest BCUT2D eigenvalue weighted by atomic mass is 10.1. The zero-order valence-electron chi connectivity index (χ0n) is 9.99. The van der Waals surface area contributed by atoms with Gasteiger partial charge in [0, 0.05) is 17.8 Å². The summed E-state index contributed by atoms with van der Waals surface area (Å²) in [7, 11) is 0. The molecule has 6 heteroatoms. The molecule has 0 radical (unpaired) electrons. The van der Waals surface area contributed by atoms with Crippen molar-refractivity contribution in [1.29, 1.82) is 0 Å². The van der Waals surface area contributed by atoms with E-state index < -0.39 is 0 Å². The largest absolute Gasteiger partial charge is 0.409 e. The Hall–Kier alpha value is -1.79. The van der Waals surface area contributed by atoms with E-state index in [9.17, 15) is 5.11 Å². The number of nitrogens with two attached hydrogens (primary N) is 1. The molecule has 18 heavy (non-hydrogen) atoms. The van der Waals surface area contributed by atoms with Crippen LogP contribution in [0.4, 0.5) is 5.69 Å². The topological polar surface area (TPSA) is 91.3 Å². The second-order valence-electron chi connectivity index (χ2n) is 4.14. The molecule has 2 rings (SSSR count). The molecule has 0 aromatic heterocycles. The first-order valence-electron chi connectivity index (χ1n) is 5.79. The zero-order chi connectivity index (χ0) is 13.0. The van der Waals surface area contributed by atoms with Crippen LogP contribution in [0.1, 0.15) is 5.56 Å². The highest BCUT2D eigenvalue weighted by molar-refractivity contribution is 5.97. The Bertz CT molecular complexity index is 419. The number of amidine groups is 1. The fourth-order valence-corrected chi connectivity index (χ4v) is 2.03. The van der Waals surface area contributed by atoms with Crippen molar-refractivity contribution in [2.75, 3.05) is 31.3 Å². The fraction of sp³-hybridized carbons (Fsp3) is 0.417. The summed E-state index contributed by atoms with van der Waals surface area (Å²) in [6, 6.07) is 7.33. The molecule has 1 aliphatic heterocycles. The van der Waals surface area contributed by atoms with E-state index in [4.69, 9.17) is 15.7 Å². The molecular formula is C12H17N3O3. The van der Waals surface area contributed by atoms with Crippen LogP contribution in [0.2, 0.25) is 0 Å². The highest BCUT2D eigenvalue weighted by Crippen LogP contribution is 2.20. The molecule has 1 unspecified atom stereocenters. The van der Waals surface area contributed by atoms with E-state index in [1.165, 1.54) is 0 Å². The molecule has 0 bridgehead atoms. The average molecular weight is 251 g/mol. The number of hydrogen-bond acceptors (Lipinski definition) is 5. The van der Waals surface area contributed by atoms with Crippen LogP contribution in [-0.2, 0) is 4.74 Å². The van der Waals surface area contributed by atoms with Crippen molar-refractivity contribution in [3.63, 3.8) is 0 Å². The van der Waals surface area contributed by atoms with Crippen molar-refractivity contribution in [3.8, 4) is 0 Å². The molecule has 1 fully saturated rings. The molecule has 0 saturated carbocycles. The molecule has 1 aromatic carbocycles.